The van der Waals surface area contributed by atoms with E-state index < -0.39 is 0 Å². The van der Waals surface area contributed by atoms with Crippen molar-refractivity contribution in [1.82, 2.24) is 9.80 Å². The van der Waals surface area contributed by atoms with Crippen LogP contribution in [0.4, 0.5) is 0 Å². The number of rotatable bonds is 3. The van der Waals surface area contributed by atoms with Crippen LogP contribution < -0.4 is 0 Å². The highest BCUT2D eigenvalue weighted by Crippen LogP contribution is 2.07. The summed E-state index contributed by atoms with van der Waals surface area (Å²) in [5.41, 5.74) is 0. The number of hydrogen-bond donors (Lipinski definition) is 0. The standard InChI is InChI=1S/C9H18N2O/c1-4-11-6-5-10(2)9(7-11)8-12-3/h4,9H,1,5-8H2,2-3H3. The summed E-state index contributed by atoms with van der Waals surface area (Å²) in [6, 6.07) is 0.516. The Bertz CT molecular complexity index is 149. The summed E-state index contributed by atoms with van der Waals surface area (Å²) >= 11 is 0. The molecule has 1 fully saturated rings. The molecule has 0 aromatic carbocycles. The lowest BCUT2D eigenvalue weighted by Gasteiger charge is -2.38. The third-order valence-electron chi connectivity index (χ3n) is 2.43. The van der Waals surface area contributed by atoms with Gasteiger partial charge in [-0.15, -0.1) is 0 Å². The topological polar surface area (TPSA) is 15.7 Å². The van der Waals surface area contributed by atoms with E-state index >= 15 is 0 Å². The number of nitrogens with zero attached hydrogens (tertiary/aromatic N) is 2. The maximum absolute atomic E-state index is 5.14. The first-order valence-electron chi connectivity index (χ1n) is 4.33. The molecule has 1 heterocycles. The minimum Gasteiger partial charge on any atom is -0.383 e. The van der Waals surface area contributed by atoms with Crippen LogP contribution in [0.5, 0.6) is 0 Å². The summed E-state index contributed by atoms with van der Waals surface area (Å²) < 4.78 is 5.14. The van der Waals surface area contributed by atoms with E-state index in [1.165, 1.54) is 0 Å². The lowest BCUT2D eigenvalue weighted by molar-refractivity contribution is 0.0575. The highest BCUT2D eigenvalue weighted by atomic mass is 16.5. The molecule has 1 atom stereocenters. The van der Waals surface area contributed by atoms with Crippen molar-refractivity contribution < 1.29 is 4.74 Å². The van der Waals surface area contributed by atoms with Gasteiger partial charge in [0.05, 0.1) is 12.6 Å². The third-order valence-corrected chi connectivity index (χ3v) is 2.43. The van der Waals surface area contributed by atoms with Crippen LogP contribution in [0, 0.1) is 0 Å². The normalized spacial score (nSPS) is 25.8. The predicted molar refractivity (Wildman–Crippen MR) is 50.1 cm³/mol. The van der Waals surface area contributed by atoms with Crippen LogP contribution in [-0.4, -0.2) is 56.2 Å². The Labute approximate surface area is 74.6 Å². The monoisotopic (exact) mass is 170 g/mol. The van der Waals surface area contributed by atoms with Crippen LogP contribution in [-0.2, 0) is 4.74 Å². The summed E-state index contributed by atoms with van der Waals surface area (Å²) in [4.78, 5) is 4.58. The number of likely N-dealkylation sites (N-methyl/N-ethyl adjacent to an activating group) is 1. The zero-order valence-electron chi connectivity index (χ0n) is 7.99. The zero-order chi connectivity index (χ0) is 8.97. The van der Waals surface area contributed by atoms with Crippen molar-refractivity contribution in [1.29, 1.82) is 0 Å². The van der Waals surface area contributed by atoms with Crippen molar-refractivity contribution in [3.63, 3.8) is 0 Å². The summed E-state index contributed by atoms with van der Waals surface area (Å²) in [6.07, 6.45) is 1.91. The van der Waals surface area contributed by atoms with Gasteiger partial charge in [0.25, 0.3) is 0 Å². The van der Waals surface area contributed by atoms with Gasteiger partial charge in [-0.1, -0.05) is 6.58 Å². The average Bonchev–Trinajstić information content (AvgIpc) is 2.09. The smallest absolute Gasteiger partial charge is 0.0635 e. The predicted octanol–water partition coefficient (Wildman–Crippen LogP) is 0.392. The molecule has 3 nitrogen and oxygen atoms in total. The lowest BCUT2D eigenvalue weighted by atomic mass is 10.2. The third kappa shape index (κ3) is 2.22. The molecule has 0 spiro atoms. The van der Waals surface area contributed by atoms with Crippen molar-refractivity contribution in [2.24, 2.45) is 0 Å². The lowest BCUT2D eigenvalue weighted by Crippen LogP contribution is -2.51. The van der Waals surface area contributed by atoms with Crippen LogP contribution in [0.3, 0.4) is 0 Å². The Balaban J connectivity index is 2.41. The largest absolute Gasteiger partial charge is 0.383 e. The van der Waals surface area contributed by atoms with Crippen molar-refractivity contribution in [2.75, 3.05) is 40.4 Å². The molecule has 3 heteroatoms. The number of methoxy groups -OCH3 is 1. The summed E-state index contributed by atoms with van der Waals surface area (Å²) in [5.74, 6) is 0. The summed E-state index contributed by atoms with van der Waals surface area (Å²) in [6.45, 7) is 7.79. The van der Waals surface area contributed by atoms with Gasteiger partial charge in [-0.25, -0.2) is 0 Å². The molecule has 70 valence electrons. The Morgan fingerprint density at radius 3 is 2.92 bits per heavy atom. The number of piperazine rings is 1. The fraction of sp³-hybridized carbons (Fsp3) is 0.778. The van der Waals surface area contributed by atoms with E-state index in [0.29, 0.717) is 6.04 Å². The van der Waals surface area contributed by atoms with Gasteiger partial charge in [0.2, 0.25) is 0 Å². The van der Waals surface area contributed by atoms with E-state index in [9.17, 15) is 0 Å². The Hall–Kier alpha value is -0.540. The Morgan fingerprint density at radius 2 is 2.33 bits per heavy atom. The van der Waals surface area contributed by atoms with Crippen molar-refractivity contribution >= 4 is 0 Å². The molecule has 12 heavy (non-hydrogen) atoms. The maximum Gasteiger partial charge on any atom is 0.0635 e. The van der Waals surface area contributed by atoms with Crippen LogP contribution in [0.15, 0.2) is 12.8 Å². The molecule has 1 aliphatic rings. The molecule has 1 rings (SSSR count). The second kappa shape index (κ2) is 4.48. The highest BCUT2D eigenvalue weighted by molar-refractivity contribution is 4.84. The van der Waals surface area contributed by atoms with E-state index in [2.05, 4.69) is 23.4 Å². The molecule has 0 saturated carbocycles. The molecular formula is C9H18N2O. The fourth-order valence-electron chi connectivity index (χ4n) is 1.51. The van der Waals surface area contributed by atoms with E-state index in [0.717, 1.165) is 26.2 Å². The summed E-state index contributed by atoms with van der Waals surface area (Å²) in [5, 5.41) is 0. The minimum absolute atomic E-state index is 0.516. The van der Waals surface area contributed by atoms with Crippen LogP contribution >= 0.6 is 0 Å². The van der Waals surface area contributed by atoms with E-state index in [1.54, 1.807) is 7.11 Å². The molecule has 0 radical (unpaired) electrons. The van der Waals surface area contributed by atoms with Crippen LogP contribution in [0.2, 0.25) is 0 Å². The molecule has 0 aromatic heterocycles. The quantitative estimate of drug-likeness (QED) is 0.609. The SMILES string of the molecule is C=CN1CCN(C)C(COC)C1. The number of ether oxygens (including phenoxy) is 1. The van der Waals surface area contributed by atoms with E-state index in [-0.39, 0.29) is 0 Å². The summed E-state index contributed by atoms with van der Waals surface area (Å²) in [7, 11) is 3.89. The van der Waals surface area contributed by atoms with Gasteiger partial charge in [0, 0.05) is 26.7 Å². The van der Waals surface area contributed by atoms with Crippen molar-refractivity contribution in [2.45, 2.75) is 6.04 Å². The Kier molecular flexibility index (Phi) is 3.56. The minimum atomic E-state index is 0.516. The number of hydrogen-bond acceptors (Lipinski definition) is 3. The van der Waals surface area contributed by atoms with Crippen LogP contribution in [0.1, 0.15) is 0 Å². The van der Waals surface area contributed by atoms with Gasteiger partial charge in [0.15, 0.2) is 0 Å². The molecule has 0 bridgehead atoms. The molecule has 1 aliphatic heterocycles. The van der Waals surface area contributed by atoms with Gasteiger partial charge >= 0.3 is 0 Å². The van der Waals surface area contributed by atoms with Crippen molar-refractivity contribution in [3.8, 4) is 0 Å². The van der Waals surface area contributed by atoms with Gasteiger partial charge in [-0.05, 0) is 13.2 Å². The van der Waals surface area contributed by atoms with E-state index in [1.807, 2.05) is 6.20 Å². The molecule has 0 amide bonds. The first-order valence-corrected chi connectivity index (χ1v) is 4.33. The Morgan fingerprint density at radius 1 is 1.58 bits per heavy atom. The second-order valence-corrected chi connectivity index (χ2v) is 3.27. The van der Waals surface area contributed by atoms with Crippen molar-refractivity contribution in [3.05, 3.63) is 12.8 Å². The molecule has 0 aromatic rings. The van der Waals surface area contributed by atoms with Crippen LogP contribution in [0.25, 0.3) is 0 Å². The first kappa shape index (κ1) is 9.55. The molecule has 1 unspecified atom stereocenters. The average molecular weight is 170 g/mol. The zero-order valence-corrected chi connectivity index (χ0v) is 7.99. The first-order chi connectivity index (χ1) is 5.77. The van der Waals surface area contributed by atoms with Gasteiger partial charge < -0.3 is 9.64 Å². The maximum atomic E-state index is 5.14. The van der Waals surface area contributed by atoms with Gasteiger partial charge in [-0.2, -0.15) is 0 Å². The van der Waals surface area contributed by atoms with E-state index in [4.69, 9.17) is 4.74 Å². The second-order valence-electron chi connectivity index (χ2n) is 3.27. The molecule has 0 aliphatic carbocycles. The molecule has 1 saturated heterocycles. The van der Waals surface area contributed by atoms with Gasteiger partial charge in [-0.3, -0.25) is 4.90 Å². The molecular weight excluding hydrogens is 152 g/mol. The molecule has 0 N–H and O–H groups in total. The highest BCUT2D eigenvalue weighted by Gasteiger charge is 2.21. The van der Waals surface area contributed by atoms with Gasteiger partial charge in [0.1, 0.15) is 0 Å². The fourth-order valence-corrected chi connectivity index (χ4v) is 1.51.